The normalized spacial score (nSPS) is 19.0. The number of nitrogens with zero attached hydrogens (tertiary/aromatic N) is 1. The zero-order valence-corrected chi connectivity index (χ0v) is 18.6. The Balaban J connectivity index is 1.46. The number of carboxylic acids is 1. The number of sulfonamides is 1. The van der Waals surface area contributed by atoms with Crippen molar-refractivity contribution in [3.63, 3.8) is 0 Å². The van der Waals surface area contributed by atoms with Crippen LogP contribution in [0, 0.1) is 12.8 Å². The summed E-state index contributed by atoms with van der Waals surface area (Å²) in [7, 11) is -3.82. The van der Waals surface area contributed by atoms with E-state index in [0.717, 1.165) is 35.0 Å². The van der Waals surface area contributed by atoms with Crippen LogP contribution < -0.4 is 9.46 Å². The number of pyridine rings is 1. The Labute approximate surface area is 187 Å². The van der Waals surface area contributed by atoms with E-state index in [-0.39, 0.29) is 4.90 Å². The number of hydrogen-bond donors (Lipinski definition) is 2. The summed E-state index contributed by atoms with van der Waals surface area (Å²) in [6.07, 6.45) is 2.62. The fourth-order valence-corrected chi connectivity index (χ4v) is 5.54. The summed E-state index contributed by atoms with van der Waals surface area (Å²) in [6.45, 7) is 2.26. The van der Waals surface area contributed by atoms with Gasteiger partial charge in [-0.2, -0.15) is 0 Å². The average molecular weight is 455 g/mol. The lowest BCUT2D eigenvalue weighted by Gasteiger charge is -2.29. The lowest BCUT2D eigenvalue weighted by atomic mass is 9.85. The Kier molecular flexibility index (Phi) is 6.43. The number of rotatable bonds is 7. The van der Waals surface area contributed by atoms with Crippen LogP contribution in [0.2, 0.25) is 0 Å². The van der Waals surface area contributed by atoms with Crippen molar-refractivity contribution in [2.45, 2.75) is 50.2 Å². The van der Waals surface area contributed by atoms with Crippen molar-refractivity contribution in [1.82, 2.24) is 9.71 Å². The molecule has 2 N–H and O–H groups in total. The molecule has 1 aromatic heterocycles. The number of aromatic nitrogens is 1. The molecule has 0 saturated heterocycles. The maximum Gasteiger partial charge on any atom is 0.308 e. The summed E-state index contributed by atoms with van der Waals surface area (Å²) in [6, 6.07) is 15.4. The number of carboxylic acid groups (broad SMARTS) is 1. The molecule has 1 aliphatic rings. The molecule has 1 fully saturated rings. The Hall–Kier alpha value is -2.97. The molecule has 0 radical (unpaired) electrons. The number of fused-ring (bicyclic) bond motifs is 1. The second kappa shape index (κ2) is 9.26. The van der Waals surface area contributed by atoms with Crippen LogP contribution >= 0.6 is 0 Å². The van der Waals surface area contributed by atoms with Crippen LogP contribution in [-0.2, 0) is 21.4 Å². The van der Waals surface area contributed by atoms with Crippen LogP contribution in [-0.4, -0.2) is 30.5 Å². The lowest BCUT2D eigenvalue weighted by molar-refractivity contribution is -0.143. The molecular formula is C24H26N2O5S. The molecule has 1 saturated carbocycles. The van der Waals surface area contributed by atoms with Crippen LogP contribution in [0.25, 0.3) is 10.9 Å². The minimum absolute atomic E-state index is 0.0877. The Morgan fingerprint density at radius 3 is 2.59 bits per heavy atom. The molecule has 168 valence electrons. The number of carbonyl (C=O) groups is 1. The topological polar surface area (TPSA) is 106 Å². The first-order valence-electron chi connectivity index (χ1n) is 10.7. The summed E-state index contributed by atoms with van der Waals surface area (Å²) in [5, 5.41) is 10.4. The van der Waals surface area contributed by atoms with E-state index in [4.69, 9.17) is 4.74 Å². The average Bonchev–Trinajstić information content (AvgIpc) is 2.77. The molecule has 1 aliphatic carbocycles. The SMILES string of the molecule is Cc1cc(COc2ccc(S(=O)(=O)N[C@H]3CCCC[C@@H]3C(=O)O)cc2)c2ccccc2n1. The Morgan fingerprint density at radius 2 is 1.84 bits per heavy atom. The highest BCUT2D eigenvalue weighted by molar-refractivity contribution is 7.89. The van der Waals surface area contributed by atoms with Crippen molar-refractivity contribution in [1.29, 1.82) is 0 Å². The predicted molar refractivity (Wildman–Crippen MR) is 121 cm³/mol. The number of ether oxygens (including phenoxy) is 1. The van der Waals surface area contributed by atoms with Gasteiger partial charge in [-0.15, -0.1) is 0 Å². The molecule has 8 heteroatoms. The maximum atomic E-state index is 12.8. The molecule has 7 nitrogen and oxygen atoms in total. The van der Waals surface area contributed by atoms with Gasteiger partial charge in [-0.3, -0.25) is 9.78 Å². The second-order valence-corrected chi connectivity index (χ2v) is 9.87. The van der Waals surface area contributed by atoms with Crippen LogP contribution in [0.1, 0.15) is 36.9 Å². The van der Waals surface area contributed by atoms with Crippen molar-refractivity contribution in [2.24, 2.45) is 5.92 Å². The number of hydrogen-bond acceptors (Lipinski definition) is 5. The molecule has 0 unspecified atom stereocenters. The minimum atomic E-state index is -3.82. The molecule has 32 heavy (non-hydrogen) atoms. The number of nitrogens with one attached hydrogen (secondary N) is 1. The highest BCUT2D eigenvalue weighted by atomic mass is 32.2. The number of aryl methyl sites for hydroxylation is 1. The van der Waals surface area contributed by atoms with Gasteiger partial charge < -0.3 is 9.84 Å². The van der Waals surface area contributed by atoms with Crippen molar-refractivity contribution in [2.75, 3.05) is 0 Å². The Bertz CT molecular complexity index is 1220. The monoisotopic (exact) mass is 454 g/mol. The van der Waals surface area contributed by atoms with Crippen molar-refractivity contribution in [3.05, 3.63) is 65.9 Å². The smallest absolute Gasteiger partial charge is 0.308 e. The molecule has 2 atom stereocenters. The molecule has 0 spiro atoms. The van der Waals surface area contributed by atoms with Gasteiger partial charge in [0.1, 0.15) is 12.4 Å². The van der Waals surface area contributed by atoms with Crippen LogP contribution in [0.3, 0.4) is 0 Å². The number of aliphatic carboxylic acids is 1. The summed E-state index contributed by atoms with van der Waals surface area (Å²) in [4.78, 5) is 16.1. The molecule has 0 aliphatic heterocycles. The maximum absolute atomic E-state index is 12.8. The van der Waals surface area contributed by atoms with Gasteiger partial charge in [0.2, 0.25) is 10.0 Å². The fourth-order valence-electron chi connectivity index (χ4n) is 4.23. The zero-order valence-electron chi connectivity index (χ0n) is 17.8. The van der Waals surface area contributed by atoms with Crippen LogP contribution in [0.5, 0.6) is 5.75 Å². The van der Waals surface area contributed by atoms with Gasteiger partial charge in [0.15, 0.2) is 0 Å². The molecule has 2 aromatic carbocycles. The minimum Gasteiger partial charge on any atom is -0.489 e. The summed E-state index contributed by atoms with van der Waals surface area (Å²) in [5.41, 5.74) is 2.81. The standard InChI is InChI=1S/C24H26N2O5S/c1-16-14-17(20-6-2-4-8-22(20)25-16)15-31-18-10-12-19(13-11-18)32(29,30)26-23-9-5-3-7-21(23)24(27)28/h2,4,6,8,10-14,21,23,26H,3,5,7,9,15H2,1H3,(H,27,28)/t21-,23-/m0/s1. The quantitative estimate of drug-likeness (QED) is 0.558. The molecular weight excluding hydrogens is 428 g/mol. The molecule has 0 bridgehead atoms. The van der Waals surface area contributed by atoms with Crippen LogP contribution in [0.4, 0.5) is 0 Å². The fraction of sp³-hybridized carbons (Fsp3) is 0.333. The van der Waals surface area contributed by atoms with Gasteiger partial charge in [-0.25, -0.2) is 13.1 Å². The molecule has 0 amide bonds. The first kappa shape index (κ1) is 22.2. The number of para-hydroxylation sites is 1. The third-order valence-electron chi connectivity index (χ3n) is 5.85. The first-order valence-corrected chi connectivity index (χ1v) is 12.1. The largest absolute Gasteiger partial charge is 0.489 e. The van der Waals surface area contributed by atoms with Crippen LogP contribution in [0.15, 0.2) is 59.5 Å². The van der Waals surface area contributed by atoms with Gasteiger partial charge in [0.25, 0.3) is 0 Å². The summed E-state index contributed by atoms with van der Waals surface area (Å²) in [5.74, 6) is -1.11. The van der Waals surface area contributed by atoms with Crippen molar-refractivity contribution < 1.29 is 23.1 Å². The summed E-state index contributed by atoms with van der Waals surface area (Å²) < 4.78 is 34.1. The van der Waals surface area contributed by atoms with E-state index in [1.165, 1.54) is 12.1 Å². The third kappa shape index (κ3) is 4.92. The molecule has 3 aromatic rings. The van der Waals surface area contributed by atoms with E-state index in [9.17, 15) is 18.3 Å². The highest BCUT2D eigenvalue weighted by Gasteiger charge is 2.34. The van der Waals surface area contributed by atoms with Gasteiger partial charge in [0.05, 0.1) is 16.3 Å². The van der Waals surface area contributed by atoms with E-state index < -0.39 is 28.0 Å². The van der Waals surface area contributed by atoms with E-state index in [1.807, 2.05) is 37.3 Å². The van der Waals surface area contributed by atoms with Gasteiger partial charge >= 0.3 is 5.97 Å². The third-order valence-corrected chi connectivity index (χ3v) is 7.35. The van der Waals surface area contributed by atoms with E-state index in [0.29, 0.717) is 25.2 Å². The lowest BCUT2D eigenvalue weighted by Crippen LogP contribution is -2.44. The van der Waals surface area contributed by atoms with Crippen molar-refractivity contribution in [3.8, 4) is 5.75 Å². The predicted octanol–water partition coefficient (Wildman–Crippen LogP) is 4.04. The van der Waals surface area contributed by atoms with E-state index in [1.54, 1.807) is 12.1 Å². The number of benzene rings is 2. The Morgan fingerprint density at radius 1 is 1.12 bits per heavy atom. The zero-order chi connectivity index (χ0) is 22.7. The van der Waals surface area contributed by atoms with Gasteiger partial charge in [-0.1, -0.05) is 31.0 Å². The summed E-state index contributed by atoms with van der Waals surface area (Å²) >= 11 is 0. The van der Waals surface area contributed by atoms with Gasteiger partial charge in [-0.05, 0) is 56.2 Å². The second-order valence-electron chi connectivity index (χ2n) is 8.16. The van der Waals surface area contributed by atoms with E-state index in [2.05, 4.69) is 9.71 Å². The van der Waals surface area contributed by atoms with Crippen molar-refractivity contribution >= 4 is 26.9 Å². The van der Waals surface area contributed by atoms with E-state index >= 15 is 0 Å². The van der Waals surface area contributed by atoms with Gasteiger partial charge in [0, 0.05) is 22.7 Å². The molecule has 4 rings (SSSR count). The highest BCUT2D eigenvalue weighted by Crippen LogP contribution is 2.27. The first-order chi connectivity index (χ1) is 15.3. The molecule has 1 heterocycles.